The SMILES string of the molecule is COCc1cc(C(C(=O)O)C(=O)OC(C)(C)C)ccc1O. The van der Waals surface area contributed by atoms with E-state index in [0.29, 0.717) is 5.56 Å². The summed E-state index contributed by atoms with van der Waals surface area (Å²) in [6, 6.07) is 4.16. The number of phenolic OH excluding ortho intramolecular Hbond substituents is 1. The second-order valence-electron chi connectivity index (χ2n) is 5.63. The second kappa shape index (κ2) is 6.58. The number of carboxylic acid groups (broad SMARTS) is 1. The average Bonchev–Trinajstić information content (AvgIpc) is 2.31. The molecule has 1 aromatic carbocycles. The molecular weight excluding hydrogens is 276 g/mol. The van der Waals surface area contributed by atoms with Gasteiger partial charge in [-0.3, -0.25) is 9.59 Å². The number of hydrogen-bond acceptors (Lipinski definition) is 5. The highest BCUT2D eigenvalue weighted by atomic mass is 16.6. The Balaban J connectivity index is 3.14. The lowest BCUT2D eigenvalue weighted by Gasteiger charge is -2.22. The number of methoxy groups -OCH3 is 1. The molecule has 0 heterocycles. The van der Waals surface area contributed by atoms with Gasteiger partial charge in [0, 0.05) is 12.7 Å². The summed E-state index contributed by atoms with van der Waals surface area (Å²) in [4.78, 5) is 23.4. The Morgan fingerprint density at radius 3 is 2.38 bits per heavy atom. The molecule has 0 bridgehead atoms. The van der Waals surface area contributed by atoms with Crippen LogP contribution in [0.15, 0.2) is 18.2 Å². The van der Waals surface area contributed by atoms with Crippen LogP contribution in [-0.2, 0) is 25.7 Å². The van der Waals surface area contributed by atoms with Gasteiger partial charge in [-0.1, -0.05) is 6.07 Å². The topological polar surface area (TPSA) is 93.1 Å². The molecule has 0 saturated carbocycles. The molecule has 0 spiro atoms. The monoisotopic (exact) mass is 296 g/mol. The smallest absolute Gasteiger partial charge is 0.325 e. The number of esters is 1. The van der Waals surface area contributed by atoms with Crippen molar-refractivity contribution >= 4 is 11.9 Å². The van der Waals surface area contributed by atoms with Crippen molar-refractivity contribution < 1.29 is 29.3 Å². The summed E-state index contributed by atoms with van der Waals surface area (Å²) >= 11 is 0. The molecule has 1 atom stereocenters. The minimum absolute atomic E-state index is 0.0195. The average molecular weight is 296 g/mol. The highest BCUT2D eigenvalue weighted by Crippen LogP contribution is 2.26. The maximum atomic E-state index is 12.1. The minimum atomic E-state index is -1.44. The molecule has 0 aliphatic rings. The number of carbonyl (C=O) groups excluding carboxylic acids is 1. The number of phenols is 1. The van der Waals surface area contributed by atoms with Crippen molar-refractivity contribution in [2.24, 2.45) is 0 Å². The Kier molecular flexibility index (Phi) is 5.32. The quantitative estimate of drug-likeness (QED) is 0.638. The lowest BCUT2D eigenvalue weighted by Crippen LogP contribution is -2.31. The van der Waals surface area contributed by atoms with Crippen molar-refractivity contribution in [2.45, 2.75) is 38.9 Å². The molecule has 0 aliphatic heterocycles. The van der Waals surface area contributed by atoms with Crippen LogP contribution in [0.2, 0.25) is 0 Å². The van der Waals surface area contributed by atoms with Crippen molar-refractivity contribution in [2.75, 3.05) is 7.11 Å². The highest BCUT2D eigenvalue weighted by Gasteiger charge is 2.33. The largest absolute Gasteiger partial charge is 0.508 e. The van der Waals surface area contributed by atoms with Crippen molar-refractivity contribution in [1.29, 1.82) is 0 Å². The van der Waals surface area contributed by atoms with Gasteiger partial charge in [0.15, 0.2) is 5.92 Å². The number of hydrogen-bond donors (Lipinski definition) is 2. The molecule has 0 saturated heterocycles. The minimum Gasteiger partial charge on any atom is -0.508 e. The lowest BCUT2D eigenvalue weighted by atomic mass is 9.96. The molecule has 1 rings (SSSR count). The molecule has 2 N–H and O–H groups in total. The molecule has 116 valence electrons. The van der Waals surface area contributed by atoms with E-state index in [-0.39, 0.29) is 17.9 Å². The third-order valence-corrected chi connectivity index (χ3v) is 2.63. The van der Waals surface area contributed by atoms with Crippen LogP contribution in [0.5, 0.6) is 5.75 Å². The van der Waals surface area contributed by atoms with Gasteiger partial charge in [0.05, 0.1) is 6.61 Å². The van der Waals surface area contributed by atoms with E-state index >= 15 is 0 Å². The summed E-state index contributed by atoms with van der Waals surface area (Å²) in [5, 5.41) is 19.0. The van der Waals surface area contributed by atoms with Crippen LogP contribution in [0.25, 0.3) is 0 Å². The van der Waals surface area contributed by atoms with Gasteiger partial charge in [0.2, 0.25) is 0 Å². The number of aromatic hydroxyl groups is 1. The van der Waals surface area contributed by atoms with Gasteiger partial charge in [-0.05, 0) is 38.5 Å². The molecule has 0 aromatic heterocycles. The number of rotatable bonds is 5. The Morgan fingerprint density at radius 1 is 1.29 bits per heavy atom. The molecular formula is C15H20O6. The molecule has 0 aliphatic carbocycles. The van der Waals surface area contributed by atoms with Crippen LogP contribution in [0.4, 0.5) is 0 Å². The maximum absolute atomic E-state index is 12.1. The number of ether oxygens (including phenoxy) is 2. The van der Waals surface area contributed by atoms with Crippen LogP contribution in [-0.4, -0.2) is 34.9 Å². The zero-order chi connectivity index (χ0) is 16.2. The van der Waals surface area contributed by atoms with Crippen molar-refractivity contribution in [3.05, 3.63) is 29.3 Å². The third kappa shape index (κ3) is 4.75. The first-order valence-corrected chi connectivity index (χ1v) is 6.42. The van der Waals surface area contributed by atoms with Gasteiger partial charge in [-0.15, -0.1) is 0 Å². The summed E-state index contributed by atoms with van der Waals surface area (Å²) < 4.78 is 10.1. The van der Waals surface area contributed by atoms with Crippen molar-refractivity contribution in [1.82, 2.24) is 0 Å². The van der Waals surface area contributed by atoms with E-state index in [1.807, 2.05) is 0 Å². The number of carboxylic acids is 1. The second-order valence-corrected chi connectivity index (χ2v) is 5.63. The molecule has 0 amide bonds. The Labute approximate surface area is 123 Å². The van der Waals surface area contributed by atoms with Gasteiger partial charge >= 0.3 is 11.9 Å². The molecule has 6 nitrogen and oxygen atoms in total. The number of carbonyl (C=O) groups is 2. The van der Waals surface area contributed by atoms with E-state index in [4.69, 9.17) is 9.47 Å². The first-order valence-electron chi connectivity index (χ1n) is 6.42. The van der Waals surface area contributed by atoms with E-state index in [9.17, 15) is 19.8 Å². The Morgan fingerprint density at radius 2 is 1.90 bits per heavy atom. The molecule has 6 heteroatoms. The van der Waals surface area contributed by atoms with Crippen LogP contribution in [0.1, 0.15) is 37.8 Å². The van der Waals surface area contributed by atoms with Crippen molar-refractivity contribution in [3.63, 3.8) is 0 Å². The zero-order valence-corrected chi connectivity index (χ0v) is 12.5. The zero-order valence-electron chi connectivity index (χ0n) is 12.5. The fourth-order valence-electron chi connectivity index (χ4n) is 1.80. The van der Waals surface area contributed by atoms with E-state index < -0.39 is 23.5 Å². The molecule has 1 unspecified atom stereocenters. The summed E-state index contributed by atoms with van der Waals surface area (Å²) in [5.41, 5.74) is -0.136. The lowest BCUT2D eigenvalue weighted by molar-refractivity contribution is -0.162. The third-order valence-electron chi connectivity index (χ3n) is 2.63. The van der Waals surface area contributed by atoms with Gasteiger partial charge in [-0.25, -0.2) is 0 Å². The predicted octanol–water partition coefficient (Wildman–Crippen LogP) is 2.05. The van der Waals surface area contributed by atoms with Crippen LogP contribution in [0.3, 0.4) is 0 Å². The highest BCUT2D eigenvalue weighted by molar-refractivity contribution is 6.00. The summed E-state index contributed by atoms with van der Waals surface area (Å²) in [5.74, 6) is -3.61. The first-order chi connectivity index (χ1) is 9.65. The van der Waals surface area contributed by atoms with Gasteiger partial charge in [-0.2, -0.15) is 0 Å². The summed E-state index contributed by atoms with van der Waals surface area (Å²) in [6.07, 6.45) is 0. The maximum Gasteiger partial charge on any atom is 0.325 e. The van der Waals surface area contributed by atoms with E-state index in [1.165, 1.54) is 25.3 Å². The summed E-state index contributed by atoms with van der Waals surface area (Å²) in [7, 11) is 1.45. The number of aliphatic carboxylic acids is 1. The standard InChI is InChI=1S/C15H20O6/c1-15(2,3)21-14(19)12(13(17)18)9-5-6-11(16)10(7-9)8-20-4/h5-7,12,16H,8H2,1-4H3,(H,17,18). The van der Waals surface area contributed by atoms with E-state index in [1.54, 1.807) is 20.8 Å². The molecule has 21 heavy (non-hydrogen) atoms. The van der Waals surface area contributed by atoms with E-state index in [0.717, 1.165) is 0 Å². The molecule has 0 radical (unpaired) electrons. The van der Waals surface area contributed by atoms with Gasteiger partial charge in [0.25, 0.3) is 0 Å². The van der Waals surface area contributed by atoms with E-state index in [2.05, 4.69) is 0 Å². The molecule has 1 aromatic rings. The van der Waals surface area contributed by atoms with Gasteiger partial charge < -0.3 is 19.7 Å². The fourth-order valence-corrected chi connectivity index (χ4v) is 1.80. The first kappa shape index (κ1) is 17.0. The predicted molar refractivity (Wildman–Crippen MR) is 75.0 cm³/mol. The van der Waals surface area contributed by atoms with Crippen LogP contribution < -0.4 is 0 Å². The number of benzene rings is 1. The molecule has 0 fully saturated rings. The van der Waals surface area contributed by atoms with Crippen LogP contribution >= 0.6 is 0 Å². The van der Waals surface area contributed by atoms with Crippen molar-refractivity contribution in [3.8, 4) is 5.75 Å². The van der Waals surface area contributed by atoms with Gasteiger partial charge in [0.1, 0.15) is 11.4 Å². The van der Waals surface area contributed by atoms with Crippen LogP contribution in [0, 0.1) is 0 Å². The Bertz CT molecular complexity index is 529. The fraction of sp³-hybridized carbons (Fsp3) is 0.467. The Hall–Kier alpha value is -2.08. The summed E-state index contributed by atoms with van der Waals surface area (Å²) in [6.45, 7) is 5.10. The normalized spacial score (nSPS) is 12.8.